The number of rotatable bonds is 3. The highest BCUT2D eigenvalue weighted by atomic mass is 79.9. The van der Waals surface area contributed by atoms with Crippen LogP contribution < -0.4 is 4.74 Å². The Morgan fingerprint density at radius 2 is 2.36 bits per heavy atom. The fourth-order valence-corrected chi connectivity index (χ4v) is 2.06. The summed E-state index contributed by atoms with van der Waals surface area (Å²) in [5, 5.41) is -0.0328. The molecule has 0 atom stereocenters. The van der Waals surface area contributed by atoms with Gasteiger partial charge in [0, 0.05) is 12.0 Å². The molecule has 0 unspecified atom stereocenters. The van der Waals surface area contributed by atoms with Gasteiger partial charge in [-0.1, -0.05) is 11.6 Å². The first-order chi connectivity index (χ1) is 6.61. The van der Waals surface area contributed by atoms with Crippen LogP contribution in [0.1, 0.15) is 5.56 Å². The van der Waals surface area contributed by atoms with E-state index < -0.39 is 5.82 Å². The SMILES string of the molecule is COc1c(CC=O)cc(Cl)c(F)c1Br. The zero-order valence-electron chi connectivity index (χ0n) is 7.31. The summed E-state index contributed by atoms with van der Waals surface area (Å²) in [6, 6.07) is 1.38. The van der Waals surface area contributed by atoms with Crippen LogP contribution in [0.15, 0.2) is 10.5 Å². The summed E-state index contributed by atoms with van der Waals surface area (Å²) in [6.07, 6.45) is 0.848. The first kappa shape index (κ1) is 11.5. The molecule has 0 radical (unpaired) electrons. The molecule has 0 heterocycles. The second-order valence-corrected chi connectivity index (χ2v) is 3.75. The van der Waals surface area contributed by atoms with Crippen LogP contribution in [0.25, 0.3) is 0 Å². The summed E-state index contributed by atoms with van der Waals surface area (Å²) in [4.78, 5) is 10.3. The minimum atomic E-state index is -0.585. The Morgan fingerprint density at radius 3 is 2.86 bits per heavy atom. The molecule has 2 nitrogen and oxygen atoms in total. The van der Waals surface area contributed by atoms with Gasteiger partial charge in [0.25, 0.3) is 0 Å². The lowest BCUT2D eigenvalue weighted by Gasteiger charge is -2.10. The van der Waals surface area contributed by atoms with E-state index in [-0.39, 0.29) is 15.9 Å². The first-order valence-corrected chi connectivity index (χ1v) is 4.93. The van der Waals surface area contributed by atoms with Crippen molar-refractivity contribution in [2.24, 2.45) is 0 Å². The van der Waals surface area contributed by atoms with Gasteiger partial charge in [0.1, 0.15) is 12.0 Å². The normalized spacial score (nSPS) is 10.0. The van der Waals surface area contributed by atoms with Crippen LogP contribution in [0, 0.1) is 5.82 Å². The molecule has 0 aromatic heterocycles. The highest BCUT2D eigenvalue weighted by molar-refractivity contribution is 9.10. The molecule has 0 spiro atoms. The summed E-state index contributed by atoms with van der Waals surface area (Å²) in [5.74, 6) is -0.280. The minimum absolute atomic E-state index is 0.0328. The molecule has 0 fully saturated rings. The monoisotopic (exact) mass is 280 g/mol. The zero-order valence-corrected chi connectivity index (χ0v) is 9.65. The van der Waals surface area contributed by atoms with Crippen molar-refractivity contribution in [3.05, 3.63) is 26.9 Å². The van der Waals surface area contributed by atoms with Crippen LogP contribution in [0.5, 0.6) is 5.75 Å². The van der Waals surface area contributed by atoms with E-state index in [9.17, 15) is 9.18 Å². The lowest BCUT2D eigenvalue weighted by molar-refractivity contribution is -0.107. The Bertz CT molecular complexity index is 368. The molecule has 0 N–H and O–H groups in total. The van der Waals surface area contributed by atoms with Gasteiger partial charge in [0.15, 0.2) is 5.82 Å². The van der Waals surface area contributed by atoms with Crippen LogP contribution in [-0.2, 0) is 11.2 Å². The fraction of sp³-hybridized carbons (Fsp3) is 0.222. The van der Waals surface area contributed by atoms with Crippen LogP contribution in [0.3, 0.4) is 0 Å². The second-order valence-electron chi connectivity index (χ2n) is 2.55. The molecule has 0 aliphatic rings. The van der Waals surface area contributed by atoms with Gasteiger partial charge < -0.3 is 9.53 Å². The molecule has 0 aliphatic carbocycles. The van der Waals surface area contributed by atoms with Gasteiger partial charge in [-0.25, -0.2) is 4.39 Å². The number of hydrogen-bond donors (Lipinski definition) is 0. The van der Waals surface area contributed by atoms with E-state index >= 15 is 0 Å². The number of hydrogen-bond acceptors (Lipinski definition) is 2. The van der Waals surface area contributed by atoms with E-state index in [2.05, 4.69) is 15.9 Å². The maximum Gasteiger partial charge on any atom is 0.159 e. The largest absolute Gasteiger partial charge is 0.495 e. The molecule has 0 saturated carbocycles. The molecule has 14 heavy (non-hydrogen) atoms. The maximum atomic E-state index is 13.3. The number of ether oxygens (including phenoxy) is 1. The Kier molecular flexibility index (Phi) is 3.89. The lowest BCUT2D eigenvalue weighted by Crippen LogP contribution is -1.97. The van der Waals surface area contributed by atoms with E-state index in [1.54, 1.807) is 0 Å². The predicted molar refractivity (Wildman–Crippen MR) is 55.4 cm³/mol. The zero-order chi connectivity index (χ0) is 10.7. The Balaban J connectivity index is 3.35. The van der Waals surface area contributed by atoms with Gasteiger partial charge in [0.2, 0.25) is 0 Å². The van der Waals surface area contributed by atoms with Gasteiger partial charge in [-0.15, -0.1) is 0 Å². The lowest BCUT2D eigenvalue weighted by atomic mass is 10.1. The summed E-state index contributed by atoms with van der Waals surface area (Å²) in [6.45, 7) is 0. The van der Waals surface area contributed by atoms with Gasteiger partial charge in [-0.3, -0.25) is 0 Å². The number of benzene rings is 1. The van der Waals surface area contributed by atoms with Gasteiger partial charge >= 0.3 is 0 Å². The number of aldehydes is 1. The molecule has 0 amide bonds. The van der Waals surface area contributed by atoms with Crippen molar-refractivity contribution in [3.63, 3.8) is 0 Å². The molecule has 5 heteroatoms. The molecule has 76 valence electrons. The van der Waals surface area contributed by atoms with E-state index in [1.807, 2.05) is 0 Å². The topological polar surface area (TPSA) is 26.3 Å². The average molecular weight is 282 g/mol. The van der Waals surface area contributed by atoms with Crippen molar-refractivity contribution >= 4 is 33.8 Å². The van der Waals surface area contributed by atoms with Crippen LogP contribution in [0.4, 0.5) is 4.39 Å². The molecule has 1 aromatic rings. The molecule has 1 aromatic carbocycles. The van der Waals surface area contributed by atoms with Crippen LogP contribution in [0.2, 0.25) is 5.02 Å². The smallest absolute Gasteiger partial charge is 0.159 e. The van der Waals surface area contributed by atoms with E-state index in [0.717, 1.165) is 0 Å². The Labute approximate surface area is 94.1 Å². The third kappa shape index (κ3) is 2.07. The summed E-state index contributed by atoms with van der Waals surface area (Å²) >= 11 is 8.62. The molecule has 0 bridgehead atoms. The number of carbonyl (C=O) groups excluding carboxylic acids is 1. The molecule has 0 saturated heterocycles. The fourth-order valence-electron chi connectivity index (χ4n) is 1.09. The van der Waals surface area contributed by atoms with Crippen molar-refractivity contribution < 1.29 is 13.9 Å². The number of methoxy groups -OCH3 is 1. The second kappa shape index (κ2) is 4.75. The average Bonchev–Trinajstić information content (AvgIpc) is 2.16. The van der Waals surface area contributed by atoms with Gasteiger partial charge in [-0.2, -0.15) is 0 Å². The number of carbonyl (C=O) groups is 1. The summed E-state index contributed by atoms with van der Waals surface area (Å²) in [5.41, 5.74) is 0.556. The quantitative estimate of drug-likeness (QED) is 0.629. The maximum absolute atomic E-state index is 13.3. The van der Waals surface area contributed by atoms with Crippen molar-refractivity contribution in [2.45, 2.75) is 6.42 Å². The first-order valence-electron chi connectivity index (χ1n) is 3.75. The van der Waals surface area contributed by atoms with Crippen molar-refractivity contribution in [1.82, 2.24) is 0 Å². The van der Waals surface area contributed by atoms with Crippen LogP contribution in [-0.4, -0.2) is 13.4 Å². The summed E-state index contributed by atoms with van der Waals surface area (Å²) in [7, 11) is 1.40. The van der Waals surface area contributed by atoms with Crippen molar-refractivity contribution in [1.29, 1.82) is 0 Å². The highest BCUT2D eigenvalue weighted by Crippen LogP contribution is 2.35. The van der Waals surface area contributed by atoms with Crippen molar-refractivity contribution in [2.75, 3.05) is 7.11 Å². The van der Waals surface area contributed by atoms with E-state index in [0.29, 0.717) is 17.6 Å². The van der Waals surface area contributed by atoms with Gasteiger partial charge in [0.05, 0.1) is 16.6 Å². The minimum Gasteiger partial charge on any atom is -0.495 e. The molecular formula is C9H7BrClFO2. The van der Waals surface area contributed by atoms with E-state index in [4.69, 9.17) is 16.3 Å². The van der Waals surface area contributed by atoms with E-state index in [1.165, 1.54) is 13.2 Å². The predicted octanol–water partition coefficient (Wildman–Crippen LogP) is 2.99. The van der Waals surface area contributed by atoms with Gasteiger partial charge in [-0.05, 0) is 22.0 Å². The standard InChI is InChI=1S/C9H7BrClFO2/c1-14-9-5(2-3-13)4-6(11)8(12)7(9)10/h3-4H,2H2,1H3. The Hall–Kier alpha value is -0.610. The third-order valence-electron chi connectivity index (χ3n) is 1.70. The number of halogens is 3. The molecule has 1 rings (SSSR count). The third-order valence-corrected chi connectivity index (χ3v) is 2.68. The van der Waals surface area contributed by atoms with Crippen molar-refractivity contribution in [3.8, 4) is 5.75 Å². The Morgan fingerprint density at radius 1 is 1.71 bits per heavy atom. The molecule has 0 aliphatic heterocycles. The summed E-state index contributed by atoms with van der Waals surface area (Å²) < 4.78 is 18.4. The highest BCUT2D eigenvalue weighted by Gasteiger charge is 2.15. The van der Waals surface area contributed by atoms with Crippen LogP contribution >= 0.6 is 27.5 Å². The molecular weight excluding hydrogens is 274 g/mol.